The van der Waals surface area contributed by atoms with Gasteiger partial charge in [-0.3, -0.25) is 10.2 Å². The fourth-order valence-electron chi connectivity index (χ4n) is 2.95. The first-order valence-corrected chi connectivity index (χ1v) is 9.99. The fraction of sp³-hybridized carbons (Fsp3) is 0.579. The highest BCUT2D eigenvalue weighted by molar-refractivity contribution is 6.76. The van der Waals surface area contributed by atoms with Crippen LogP contribution in [0.2, 0.25) is 0 Å². The molecule has 1 aliphatic heterocycles. The van der Waals surface area contributed by atoms with Crippen LogP contribution in [0, 0.1) is 17.2 Å². The maximum atomic E-state index is 11.5. The number of ether oxygens (including phenoxy) is 4. The lowest BCUT2D eigenvalue weighted by Crippen LogP contribution is -2.54. The molecule has 1 saturated heterocycles. The summed E-state index contributed by atoms with van der Waals surface area (Å²) < 4.78 is 20.5. The smallest absolute Gasteiger partial charge is 0.303 e. The first-order valence-electron chi connectivity index (χ1n) is 8.86. The molecule has 28 heavy (non-hydrogen) atoms. The zero-order chi connectivity index (χ0) is 20.9. The van der Waals surface area contributed by atoms with Crippen molar-refractivity contribution in [1.29, 1.82) is 5.41 Å². The van der Waals surface area contributed by atoms with Crippen LogP contribution in [0.3, 0.4) is 0 Å². The topological polar surface area (TPSA) is 77.8 Å². The summed E-state index contributed by atoms with van der Waals surface area (Å²) in [7, 11) is 0. The average molecular weight is 453 g/mol. The van der Waals surface area contributed by atoms with Crippen LogP contribution in [0.4, 0.5) is 0 Å². The molecule has 1 aromatic carbocycles. The third-order valence-electron chi connectivity index (χ3n) is 4.70. The minimum atomic E-state index is -2.05. The predicted octanol–water partition coefficient (Wildman–Crippen LogP) is 4.50. The van der Waals surface area contributed by atoms with E-state index >= 15 is 0 Å². The van der Waals surface area contributed by atoms with Gasteiger partial charge in [0.05, 0.1) is 19.3 Å². The molecule has 2 unspecified atom stereocenters. The van der Waals surface area contributed by atoms with Crippen molar-refractivity contribution in [2.75, 3.05) is 6.61 Å². The number of rotatable bonds is 6. The molecule has 1 aliphatic rings. The Balaban J connectivity index is 2.06. The maximum Gasteiger partial charge on any atom is 0.303 e. The van der Waals surface area contributed by atoms with Gasteiger partial charge in [0.1, 0.15) is 0 Å². The molecule has 1 aromatic rings. The highest BCUT2D eigenvalue weighted by Crippen LogP contribution is 2.36. The molecule has 1 fully saturated rings. The van der Waals surface area contributed by atoms with Crippen molar-refractivity contribution in [3.63, 3.8) is 0 Å². The van der Waals surface area contributed by atoms with Crippen molar-refractivity contribution in [3.8, 4) is 0 Å². The quantitative estimate of drug-likeness (QED) is 0.298. The van der Waals surface area contributed by atoms with Gasteiger partial charge in [-0.25, -0.2) is 0 Å². The van der Waals surface area contributed by atoms with Crippen LogP contribution in [-0.2, 0) is 30.3 Å². The Kier molecular flexibility index (Phi) is 8.40. The number of hydrogen-bond acceptors (Lipinski definition) is 6. The summed E-state index contributed by atoms with van der Waals surface area (Å²) in [6.45, 7) is 5.93. The van der Waals surface area contributed by atoms with Crippen LogP contribution >= 0.6 is 34.8 Å². The molecule has 5 atom stereocenters. The predicted molar refractivity (Wildman–Crippen MR) is 108 cm³/mol. The van der Waals surface area contributed by atoms with E-state index in [0.717, 1.165) is 5.56 Å². The fourth-order valence-corrected chi connectivity index (χ4v) is 3.08. The number of carbonyl (C=O) groups excluding carboxylic acids is 1. The first-order chi connectivity index (χ1) is 13.1. The Bertz CT molecular complexity index is 667. The van der Waals surface area contributed by atoms with Gasteiger partial charge < -0.3 is 18.9 Å². The minimum absolute atomic E-state index is 0.00178. The molecular formula is C19H24Cl3NO5. The van der Waals surface area contributed by atoms with E-state index in [1.165, 1.54) is 6.92 Å². The van der Waals surface area contributed by atoms with E-state index in [9.17, 15) is 4.79 Å². The molecule has 0 aliphatic carbocycles. The second-order valence-electron chi connectivity index (χ2n) is 6.78. The van der Waals surface area contributed by atoms with Gasteiger partial charge >= 0.3 is 5.97 Å². The number of nitrogens with one attached hydrogen (secondary N) is 1. The van der Waals surface area contributed by atoms with Gasteiger partial charge in [-0.1, -0.05) is 79.0 Å². The molecule has 6 nitrogen and oxygen atoms in total. The van der Waals surface area contributed by atoms with Gasteiger partial charge in [0.2, 0.25) is 12.2 Å². The normalized spacial score (nSPS) is 27.9. The molecule has 1 heterocycles. The molecule has 0 radical (unpaired) electrons. The molecule has 0 spiro atoms. The zero-order valence-electron chi connectivity index (χ0n) is 15.9. The maximum absolute atomic E-state index is 11.5. The molecule has 2 rings (SSSR count). The lowest BCUT2D eigenvalue weighted by molar-refractivity contribution is -0.259. The third kappa shape index (κ3) is 6.49. The summed E-state index contributed by atoms with van der Waals surface area (Å²) in [6, 6.07) is 9.76. The van der Waals surface area contributed by atoms with Crippen LogP contribution in [0.1, 0.15) is 26.3 Å². The highest BCUT2D eigenvalue weighted by Gasteiger charge is 2.46. The number of carbonyl (C=O) groups is 1. The van der Waals surface area contributed by atoms with Gasteiger partial charge in [0, 0.05) is 12.8 Å². The Morgan fingerprint density at radius 1 is 1.14 bits per heavy atom. The van der Waals surface area contributed by atoms with Crippen molar-refractivity contribution in [2.45, 2.75) is 49.7 Å². The minimum Gasteiger partial charge on any atom is -0.456 e. The average Bonchev–Trinajstić information content (AvgIpc) is 2.62. The van der Waals surface area contributed by atoms with Crippen LogP contribution in [0.15, 0.2) is 30.3 Å². The van der Waals surface area contributed by atoms with E-state index in [2.05, 4.69) is 0 Å². The summed E-state index contributed by atoms with van der Waals surface area (Å²) >= 11 is 17.1. The summed E-state index contributed by atoms with van der Waals surface area (Å²) in [5.74, 6) is -1.22. The summed E-state index contributed by atoms with van der Waals surface area (Å²) in [4.78, 5) is 11.5. The van der Waals surface area contributed by atoms with Crippen molar-refractivity contribution in [3.05, 3.63) is 35.9 Å². The molecule has 9 heteroatoms. The van der Waals surface area contributed by atoms with E-state index in [4.69, 9.17) is 59.2 Å². The van der Waals surface area contributed by atoms with E-state index in [1.54, 1.807) is 0 Å². The summed E-state index contributed by atoms with van der Waals surface area (Å²) in [5.41, 5.74) is 1.04. The second-order valence-corrected chi connectivity index (χ2v) is 9.06. The summed E-state index contributed by atoms with van der Waals surface area (Å²) in [5, 5.41) is 7.81. The number of esters is 1. The Labute approximate surface area is 179 Å². The lowest BCUT2D eigenvalue weighted by Gasteiger charge is -2.43. The zero-order valence-corrected chi connectivity index (χ0v) is 18.1. The van der Waals surface area contributed by atoms with E-state index in [0.29, 0.717) is 13.2 Å². The number of halogens is 3. The van der Waals surface area contributed by atoms with Crippen LogP contribution in [0.25, 0.3) is 0 Å². The molecule has 1 N–H and O–H groups in total. The van der Waals surface area contributed by atoms with Gasteiger partial charge in [0.15, 0.2) is 6.10 Å². The highest BCUT2D eigenvalue weighted by atomic mass is 35.6. The number of hydrogen-bond donors (Lipinski definition) is 1. The Morgan fingerprint density at radius 2 is 1.79 bits per heavy atom. The van der Waals surface area contributed by atoms with Crippen molar-refractivity contribution in [2.24, 2.45) is 11.8 Å². The van der Waals surface area contributed by atoms with Crippen LogP contribution < -0.4 is 0 Å². The number of benzene rings is 1. The standard InChI is InChI=1S/C19H24Cl3NO5/c1-11-12(2)16(26-13(3)24)17(28-18(23)19(20,21)22)27-15(11)10-25-9-14-7-5-4-6-8-14/h4-8,11-12,15-17,23H,9-10H2,1-3H3/t11-,12-,15?,16?,17+/m0/s1. The van der Waals surface area contributed by atoms with E-state index in [1.807, 2.05) is 44.2 Å². The number of alkyl halides is 3. The van der Waals surface area contributed by atoms with Crippen molar-refractivity contribution >= 4 is 46.7 Å². The molecule has 0 amide bonds. The monoisotopic (exact) mass is 451 g/mol. The molecule has 0 aromatic heterocycles. The molecular weight excluding hydrogens is 429 g/mol. The SMILES string of the molecule is CC(=O)OC1[C@@H](OC(=N)C(Cl)(Cl)Cl)OC(COCc2ccccc2)[C@@H](C)[C@@H]1C. The molecule has 156 valence electrons. The van der Waals surface area contributed by atoms with Crippen molar-refractivity contribution in [1.82, 2.24) is 0 Å². The van der Waals surface area contributed by atoms with Gasteiger partial charge in [-0.15, -0.1) is 0 Å². The van der Waals surface area contributed by atoms with E-state index in [-0.39, 0.29) is 17.9 Å². The second kappa shape index (κ2) is 10.1. The Morgan fingerprint density at radius 3 is 2.36 bits per heavy atom. The van der Waals surface area contributed by atoms with Crippen LogP contribution in [0.5, 0.6) is 0 Å². The molecule has 0 saturated carbocycles. The van der Waals surface area contributed by atoms with E-state index < -0.39 is 28.1 Å². The summed E-state index contributed by atoms with van der Waals surface area (Å²) in [6.07, 6.45) is -2.17. The van der Waals surface area contributed by atoms with Gasteiger partial charge in [-0.05, 0) is 11.5 Å². The van der Waals surface area contributed by atoms with Gasteiger partial charge in [-0.2, -0.15) is 0 Å². The van der Waals surface area contributed by atoms with Crippen molar-refractivity contribution < 1.29 is 23.7 Å². The largest absolute Gasteiger partial charge is 0.456 e. The van der Waals surface area contributed by atoms with Gasteiger partial charge in [0.25, 0.3) is 3.79 Å². The Hall–Kier alpha value is -1.05. The first kappa shape index (κ1) is 23.2. The third-order valence-corrected chi connectivity index (χ3v) is 5.21. The lowest BCUT2D eigenvalue weighted by atomic mass is 9.83. The van der Waals surface area contributed by atoms with Crippen LogP contribution in [-0.4, -0.2) is 40.8 Å². The molecule has 0 bridgehead atoms.